The van der Waals surface area contributed by atoms with Crippen LogP contribution in [0.5, 0.6) is 0 Å². The molecule has 2 heterocycles. The average Bonchev–Trinajstić information content (AvgIpc) is 3.05. The van der Waals surface area contributed by atoms with Gasteiger partial charge in [-0.15, -0.1) is 11.3 Å². The van der Waals surface area contributed by atoms with E-state index in [1.54, 1.807) is 6.92 Å². The molecule has 1 N–H and O–H groups in total. The third-order valence-corrected chi connectivity index (χ3v) is 4.31. The van der Waals surface area contributed by atoms with Gasteiger partial charge in [0, 0.05) is 11.5 Å². The van der Waals surface area contributed by atoms with Crippen LogP contribution in [0.1, 0.15) is 37.3 Å². The number of carbonyl (C=O) groups is 1. The van der Waals surface area contributed by atoms with Crippen LogP contribution in [0.15, 0.2) is 0 Å². The molecule has 0 spiro atoms. The van der Waals surface area contributed by atoms with Crippen LogP contribution in [-0.4, -0.2) is 36.3 Å². The third-order valence-electron chi connectivity index (χ3n) is 3.38. The molecule has 112 valence electrons. The lowest BCUT2D eigenvalue weighted by molar-refractivity contribution is -0.128. The van der Waals surface area contributed by atoms with Crippen molar-refractivity contribution in [2.45, 2.75) is 52.2 Å². The van der Waals surface area contributed by atoms with Crippen LogP contribution in [0.4, 0.5) is 5.13 Å². The molecule has 1 aromatic heterocycles. The van der Waals surface area contributed by atoms with Gasteiger partial charge in [-0.1, -0.05) is 6.92 Å². The molecule has 0 saturated carbocycles. The summed E-state index contributed by atoms with van der Waals surface area (Å²) >= 11 is 1.50. The molecule has 1 aliphatic heterocycles. The van der Waals surface area contributed by atoms with Gasteiger partial charge >= 0.3 is 0 Å². The molecule has 1 saturated heterocycles. The lowest BCUT2D eigenvalue weighted by Gasteiger charge is -2.15. The minimum Gasteiger partial charge on any atom is -0.376 e. The van der Waals surface area contributed by atoms with E-state index in [1.165, 1.54) is 11.3 Å². The fourth-order valence-electron chi connectivity index (χ4n) is 2.12. The van der Waals surface area contributed by atoms with Gasteiger partial charge in [-0.3, -0.25) is 10.1 Å². The Morgan fingerprint density at radius 3 is 3.05 bits per heavy atom. The molecular weight excluding hydrogens is 276 g/mol. The van der Waals surface area contributed by atoms with Crippen LogP contribution in [0.3, 0.4) is 0 Å². The van der Waals surface area contributed by atoms with Gasteiger partial charge < -0.3 is 9.47 Å². The van der Waals surface area contributed by atoms with E-state index in [0.717, 1.165) is 36.4 Å². The summed E-state index contributed by atoms with van der Waals surface area (Å²) in [7, 11) is 0. The molecule has 5 nitrogen and oxygen atoms in total. The normalized spacial score (nSPS) is 20.1. The molecule has 1 aliphatic rings. The van der Waals surface area contributed by atoms with Crippen molar-refractivity contribution in [3.8, 4) is 0 Å². The van der Waals surface area contributed by atoms with Crippen molar-refractivity contribution in [2.75, 3.05) is 18.5 Å². The van der Waals surface area contributed by atoms with Crippen molar-refractivity contribution in [1.29, 1.82) is 0 Å². The third kappa shape index (κ3) is 4.01. The first-order valence-corrected chi connectivity index (χ1v) is 7.92. The number of amides is 1. The van der Waals surface area contributed by atoms with E-state index >= 15 is 0 Å². The predicted octanol–water partition coefficient (Wildman–Crippen LogP) is 2.54. The number of carbonyl (C=O) groups excluding carboxylic acids is 1. The fraction of sp³-hybridized carbons (Fsp3) is 0.714. The highest BCUT2D eigenvalue weighted by Crippen LogP contribution is 2.22. The Balaban J connectivity index is 1.80. The molecule has 0 aromatic carbocycles. The molecule has 1 amide bonds. The van der Waals surface area contributed by atoms with Gasteiger partial charge in [0.2, 0.25) is 0 Å². The highest BCUT2D eigenvalue weighted by molar-refractivity contribution is 7.15. The monoisotopic (exact) mass is 298 g/mol. The molecule has 1 aromatic rings. The van der Waals surface area contributed by atoms with Crippen molar-refractivity contribution in [2.24, 2.45) is 0 Å². The number of aryl methyl sites for hydroxylation is 2. The first kappa shape index (κ1) is 15.4. The SMILES string of the molecule is CCc1nc(NC(=O)[C@@H](C)OC[C@@H]2CCCO2)sc1C. The standard InChI is InChI=1S/C14H22N2O3S/c1-4-12-10(3)20-14(15-12)16-13(17)9(2)19-8-11-6-5-7-18-11/h9,11H,4-8H2,1-3H3,(H,15,16,17)/t9-,11+/m1/s1. The molecular formula is C14H22N2O3S. The van der Waals surface area contributed by atoms with Crippen LogP contribution in [-0.2, 0) is 20.7 Å². The summed E-state index contributed by atoms with van der Waals surface area (Å²) in [5.41, 5.74) is 1.04. The maximum Gasteiger partial charge on any atom is 0.254 e. The number of rotatable bonds is 6. The lowest BCUT2D eigenvalue weighted by Crippen LogP contribution is -2.30. The Labute approximate surface area is 123 Å². The summed E-state index contributed by atoms with van der Waals surface area (Å²) in [6.07, 6.45) is 2.61. The number of aromatic nitrogens is 1. The number of thiazole rings is 1. The van der Waals surface area contributed by atoms with E-state index in [2.05, 4.69) is 17.2 Å². The summed E-state index contributed by atoms with van der Waals surface area (Å²) in [5.74, 6) is -0.153. The Morgan fingerprint density at radius 1 is 1.65 bits per heavy atom. The van der Waals surface area contributed by atoms with E-state index in [4.69, 9.17) is 9.47 Å². The first-order chi connectivity index (χ1) is 9.60. The number of hydrogen-bond acceptors (Lipinski definition) is 5. The Morgan fingerprint density at radius 2 is 2.45 bits per heavy atom. The summed E-state index contributed by atoms with van der Waals surface area (Å²) in [4.78, 5) is 17.6. The molecule has 0 aliphatic carbocycles. The number of anilines is 1. The largest absolute Gasteiger partial charge is 0.376 e. The maximum absolute atomic E-state index is 12.0. The topological polar surface area (TPSA) is 60.5 Å². The second-order valence-corrected chi connectivity index (χ2v) is 6.18. The molecule has 0 bridgehead atoms. The molecule has 0 radical (unpaired) electrons. The van der Waals surface area contributed by atoms with Gasteiger partial charge in [-0.05, 0) is 33.1 Å². The van der Waals surface area contributed by atoms with E-state index in [9.17, 15) is 4.79 Å². The number of hydrogen-bond donors (Lipinski definition) is 1. The summed E-state index contributed by atoms with van der Waals surface area (Å²) in [6.45, 7) is 7.11. The smallest absolute Gasteiger partial charge is 0.254 e. The van der Waals surface area contributed by atoms with E-state index in [1.807, 2.05) is 6.92 Å². The van der Waals surface area contributed by atoms with Crippen molar-refractivity contribution in [1.82, 2.24) is 4.98 Å². The van der Waals surface area contributed by atoms with Crippen molar-refractivity contribution in [3.63, 3.8) is 0 Å². The minimum absolute atomic E-state index is 0.138. The van der Waals surface area contributed by atoms with Crippen LogP contribution in [0.2, 0.25) is 0 Å². The van der Waals surface area contributed by atoms with Crippen LogP contribution in [0.25, 0.3) is 0 Å². The van der Waals surface area contributed by atoms with E-state index < -0.39 is 6.10 Å². The van der Waals surface area contributed by atoms with Crippen LogP contribution < -0.4 is 5.32 Å². The zero-order chi connectivity index (χ0) is 14.5. The van der Waals surface area contributed by atoms with Crippen LogP contribution in [0, 0.1) is 6.92 Å². The van der Waals surface area contributed by atoms with Gasteiger partial charge in [0.15, 0.2) is 5.13 Å². The molecule has 1 fully saturated rings. The Hall–Kier alpha value is -0.980. The van der Waals surface area contributed by atoms with Gasteiger partial charge in [0.25, 0.3) is 5.91 Å². The van der Waals surface area contributed by atoms with Crippen molar-refractivity contribution in [3.05, 3.63) is 10.6 Å². The van der Waals surface area contributed by atoms with Crippen LogP contribution >= 0.6 is 11.3 Å². The van der Waals surface area contributed by atoms with E-state index in [-0.39, 0.29) is 12.0 Å². The van der Waals surface area contributed by atoms with Gasteiger partial charge in [-0.2, -0.15) is 0 Å². The lowest BCUT2D eigenvalue weighted by atomic mass is 10.2. The molecule has 2 atom stereocenters. The van der Waals surface area contributed by atoms with Gasteiger partial charge in [0.05, 0.1) is 18.4 Å². The first-order valence-electron chi connectivity index (χ1n) is 7.10. The molecule has 0 unspecified atom stereocenters. The quantitative estimate of drug-likeness (QED) is 0.876. The molecule has 20 heavy (non-hydrogen) atoms. The number of nitrogens with one attached hydrogen (secondary N) is 1. The zero-order valence-corrected chi connectivity index (χ0v) is 13.1. The predicted molar refractivity (Wildman–Crippen MR) is 79.2 cm³/mol. The van der Waals surface area contributed by atoms with E-state index in [0.29, 0.717) is 11.7 Å². The summed E-state index contributed by atoms with van der Waals surface area (Å²) < 4.78 is 11.0. The Kier molecular flexibility index (Phi) is 5.51. The molecule has 6 heteroatoms. The molecule has 2 rings (SSSR count). The zero-order valence-electron chi connectivity index (χ0n) is 12.3. The highest BCUT2D eigenvalue weighted by Gasteiger charge is 2.20. The second kappa shape index (κ2) is 7.15. The number of nitrogens with zero attached hydrogens (tertiary/aromatic N) is 1. The highest BCUT2D eigenvalue weighted by atomic mass is 32.1. The van der Waals surface area contributed by atoms with Crippen molar-refractivity contribution >= 4 is 22.4 Å². The fourth-order valence-corrected chi connectivity index (χ4v) is 3.02. The summed E-state index contributed by atoms with van der Waals surface area (Å²) in [5, 5.41) is 3.47. The number of ether oxygens (including phenoxy) is 2. The second-order valence-electron chi connectivity index (χ2n) is 4.98. The minimum atomic E-state index is -0.492. The maximum atomic E-state index is 12.0. The average molecular weight is 298 g/mol. The van der Waals surface area contributed by atoms with Crippen molar-refractivity contribution < 1.29 is 14.3 Å². The van der Waals surface area contributed by atoms with Gasteiger partial charge in [0.1, 0.15) is 6.10 Å². The summed E-state index contributed by atoms with van der Waals surface area (Å²) in [6, 6.07) is 0. The Bertz CT molecular complexity index is 455. The van der Waals surface area contributed by atoms with Gasteiger partial charge in [-0.25, -0.2) is 4.98 Å².